The summed E-state index contributed by atoms with van der Waals surface area (Å²) in [5.41, 5.74) is 1.32. The van der Waals surface area contributed by atoms with Gasteiger partial charge in [0.15, 0.2) is 0 Å². The van der Waals surface area contributed by atoms with E-state index in [0.717, 1.165) is 12.3 Å². The quantitative estimate of drug-likeness (QED) is 0.764. The Balaban J connectivity index is 2.43. The van der Waals surface area contributed by atoms with Gasteiger partial charge in [-0.25, -0.2) is 0 Å². The van der Waals surface area contributed by atoms with Crippen LogP contribution < -0.4 is 5.32 Å². The van der Waals surface area contributed by atoms with E-state index >= 15 is 0 Å². The Labute approximate surface area is 99.5 Å². The molecule has 1 aromatic rings. The molecule has 0 aliphatic carbocycles. The van der Waals surface area contributed by atoms with Crippen molar-refractivity contribution in [2.75, 3.05) is 7.05 Å². The Morgan fingerprint density at radius 1 is 1.44 bits per heavy atom. The Morgan fingerprint density at radius 3 is 2.81 bits per heavy atom. The lowest BCUT2D eigenvalue weighted by Gasteiger charge is -2.20. The van der Waals surface area contributed by atoms with E-state index in [1.165, 1.54) is 24.8 Å². The molecule has 1 aromatic heterocycles. The number of rotatable bonds is 7. The summed E-state index contributed by atoms with van der Waals surface area (Å²) >= 11 is 0. The molecule has 16 heavy (non-hydrogen) atoms. The molecular formula is C14H24N2. The van der Waals surface area contributed by atoms with Crippen molar-refractivity contribution in [3.05, 3.63) is 30.1 Å². The second kappa shape index (κ2) is 7.39. The summed E-state index contributed by atoms with van der Waals surface area (Å²) in [6, 6.07) is 4.74. The van der Waals surface area contributed by atoms with E-state index in [-0.39, 0.29) is 0 Å². The summed E-state index contributed by atoms with van der Waals surface area (Å²) in [5.74, 6) is 0.805. The van der Waals surface area contributed by atoms with E-state index in [1.807, 2.05) is 18.5 Å². The first-order valence-corrected chi connectivity index (χ1v) is 6.32. The zero-order chi connectivity index (χ0) is 11.8. The van der Waals surface area contributed by atoms with Gasteiger partial charge in [-0.2, -0.15) is 0 Å². The minimum absolute atomic E-state index is 0.575. The minimum atomic E-state index is 0.575. The summed E-state index contributed by atoms with van der Waals surface area (Å²) < 4.78 is 0. The van der Waals surface area contributed by atoms with E-state index in [9.17, 15) is 0 Å². The molecular weight excluding hydrogens is 196 g/mol. The molecule has 0 saturated heterocycles. The Hall–Kier alpha value is -0.890. The van der Waals surface area contributed by atoms with Crippen LogP contribution in [0.2, 0.25) is 0 Å². The SMILES string of the molecule is CCCC(C)CC(Cc1cccnc1)NC. The van der Waals surface area contributed by atoms with Crippen molar-refractivity contribution in [3.8, 4) is 0 Å². The topological polar surface area (TPSA) is 24.9 Å². The van der Waals surface area contributed by atoms with E-state index in [2.05, 4.69) is 37.3 Å². The van der Waals surface area contributed by atoms with Gasteiger partial charge >= 0.3 is 0 Å². The van der Waals surface area contributed by atoms with Crippen LogP contribution in [0.15, 0.2) is 24.5 Å². The molecule has 0 saturated carbocycles. The molecule has 2 heteroatoms. The Bertz CT molecular complexity index is 271. The van der Waals surface area contributed by atoms with Crippen LogP contribution in [0.25, 0.3) is 0 Å². The first kappa shape index (κ1) is 13.2. The van der Waals surface area contributed by atoms with Gasteiger partial charge in [-0.3, -0.25) is 4.98 Å². The van der Waals surface area contributed by atoms with Crippen LogP contribution in [0.5, 0.6) is 0 Å². The third-order valence-electron chi connectivity index (χ3n) is 3.08. The molecule has 1 rings (SSSR count). The second-order valence-corrected chi connectivity index (χ2v) is 4.68. The molecule has 2 nitrogen and oxygen atoms in total. The molecule has 0 fully saturated rings. The first-order valence-electron chi connectivity index (χ1n) is 6.32. The maximum Gasteiger partial charge on any atom is 0.0300 e. The minimum Gasteiger partial charge on any atom is -0.317 e. The van der Waals surface area contributed by atoms with E-state index in [4.69, 9.17) is 0 Å². The van der Waals surface area contributed by atoms with E-state index in [1.54, 1.807) is 0 Å². The van der Waals surface area contributed by atoms with Crippen molar-refractivity contribution in [1.82, 2.24) is 10.3 Å². The summed E-state index contributed by atoms with van der Waals surface area (Å²) in [6.45, 7) is 4.60. The molecule has 0 radical (unpaired) electrons. The average molecular weight is 220 g/mol. The first-order chi connectivity index (χ1) is 7.76. The largest absolute Gasteiger partial charge is 0.317 e. The van der Waals surface area contributed by atoms with Crippen molar-refractivity contribution in [3.63, 3.8) is 0 Å². The standard InChI is InChI=1S/C14H24N2/c1-4-6-12(2)9-14(15-3)10-13-7-5-8-16-11-13/h5,7-8,11-12,14-15H,4,6,9-10H2,1-3H3. The molecule has 1 heterocycles. The van der Waals surface area contributed by atoms with Gasteiger partial charge < -0.3 is 5.32 Å². The molecule has 0 spiro atoms. The lowest BCUT2D eigenvalue weighted by molar-refractivity contribution is 0.397. The maximum atomic E-state index is 4.16. The number of nitrogens with one attached hydrogen (secondary N) is 1. The highest BCUT2D eigenvalue weighted by Gasteiger charge is 2.11. The normalized spacial score (nSPS) is 14.7. The molecule has 1 N–H and O–H groups in total. The van der Waals surface area contributed by atoms with E-state index < -0.39 is 0 Å². The Kier molecular flexibility index (Phi) is 6.09. The van der Waals surface area contributed by atoms with Gasteiger partial charge in [0.05, 0.1) is 0 Å². The molecule has 0 aromatic carbocycles. The highest BCUT2D eigenvalue weighted by Crippen LogP contribution is 2.15. The Morgan fingerprint density at radius 2 is 2.25 bits per heavy atom. The molecule has 0 amide bonds. The van der Waals surface area contributed by atoms with Crippen LogP contribution in [0.4, 0.5) is 0 Å². The highest BCUT2D eigenvalue weighted by atomic mass is 14.9. The number of likely N-dealkylation sites (N-methyl/N-ethyl adjacent to an activating group) is 1. The van der Waals surface area contributed by atoms with Crippen LogP contribution in [0.1, 0.15) is 38.7 Å². The molecule has 2 unspecified atom stereocenters. The van der Waals surface area contributed by atoms with Crippen LogP contribution in [-0.4, -0.2) is 18.1 Å². The van der Waals surface area contributed by atoms with Crippen molar-refractivity contribution < 1.29 is 0 Å². The third-order valence-corrected chi connectivity index (χ3v) is 3.08. The number of nitrogens with zero attached hydrogens (tertiary/aromatic N) is 1. The number of pyridine rings is 1. The summed E-state index contributed by atoms with van der Waals surface area (Å²) in [5, 5.41) is 3.41. The van der Waals surface area contributed by atoms with Crippen molar-refractivity contribution in [2.45, 2.75) is 45.6 Å². The molecule has 90 valence electrons. The van der Waals surface area contributed by atoms with Crippen molar-refractivity contribution in [2.24, 2.45) is 5.92 Å². The highest BCUT2D eigenvalue weighted by molar-refractivity contribution is 5.10. The van der Waals surface area contributed by atoms with Gasteiger partial charge in [0.25, 0.3) is 0 Å². The van der Waals surface area contributed by atoms with Crippen LogP contribution in [0.3, 0.4) is 0 Å². The number of hydrogen-bond donors (Lipinski definition) is 1. The molecule has 2 atom stereocenters. The second-order valence-electron chi connectivity index (χ2n) is 4.68. The van der Waals surface area contributed by atoms with Gasteiger partial charge in [-0.15, -0.1) is 0 Å². The van der Waals surface area contributed by atoms with Gasteiger partial charge in [0, 0.05) is 18.4 Å². The van der Waals surface area contributed by atoms with Gasteiger partial charge in [-0.1, -0.05) is 32.8 Å². The van der Waals surface area contributed by atoms with Gasteiger partial charge in [0.2, 0.25) is 0 Å². The van der Waals surface area contributed by atoms with E-state index in [0.29, 0.717) is 6.04 Å². The predicted octanol–water partition coefficient (Wildman–Crippen LogP) is 3.04. The maximum absolute atomic E-state index is 4.16. The average Bonchev–Trinajstić information content (AvgIpc) is 2.30. The number of aromatic nitrogens is 1. The van der Waals surface area contributed by atoms with Crippen LogP contribution in [0, 0.1) is 5.92 Å². The number of hydrogen-bond acceptors (Lipinski definition) is 2. The fourth-order valence-corrected chi connectivity index (χ4v) is 2.20. The summed E-state index contributed by atoms with van der Waals surface area (Å²) in [6.07, 6.45) is 8.74. The smallest absolute Gasteiger partial charge is 0.0300 e. The zero-order valence-electron chi connectivity index (χ0n) is 10.7. The fraction of sp³-hybridized carbons (Fsp3) is 0.643. The summed E-state index contributed by atoms with van der Waals surface area (Å²) in [4.78, 5) is 4.16. The third kappa shape index (κ3) is 4.75. The summed E-state index contributed by atoms with van der Waals surface area (Å²) in [7, 11) is 2.06. The monoisotopic (exact) mass is 220 g/mol. The molecule has 0 aliphatic rings. The zero-order valence-corrected chi connectivity index (χ0v) is 10.7. The van der Waals surface area contributed by atoms with Gasteiger partial charge in [-0.05, 0) is 37.4 Å². The van der Waals surface area contributed by atoms with Crippen molar-refractivity contribution >= 4 is 0 Å². The molecule has 0 aliphatic heterocycles. The lowest BCUT2D eigenvalue weighted by Crippen LogP contribution is -2.29. The molecule has 0 bridgehead atoms. The van der Waals surface area contributed by atoms with Crippen molar-refractivity contribution in [1.29, 1.82) is 0 Å². The fourth-order valence-electron chi connectivity index (χ4n) is 2.20. The van der Waals surface area contributed by atoms with Crippen LogP contribution >= 0.6 is 0 Å². The van der Waals surface area contributed by atoms with Crippen LogP contribution in [-0.2, 0) is 6.42 Å². The lowest BCUT2D eigenvalue weighted by atomic mass is 9.94. The van der Waals surface area contributed by atoms with Gasteiger partial charge in [0.1, 0.15) is 0 Å². The predicted molar refractivity (Wildman–Crippen MR) is 69.5 cm³/mol.